The largest absolute Gasteiger partial charge is 0.489 e. The van der Waals surface area contributed by atoms with Crippen LogP contribution in [0.15, 0.2) is 35.6 Å². The Labute approximate surface area is 171 Å². The molecule has 2 unspecified atom stereocenters. The molecule has 2 N–H and O–H groups in total. The van der Waals surface area contributed by atoms with Crippen molar-refractivity contribution < 1.29 is 4.74 Å². The Hall–Kier alpha value is -1.84. The normalized spacial score (nSPS) is 17.7. The Bertz CT molecular complexity index is 732. The molecule has 0 spiro atoms. The van der Waals surface area contributed by atoms with Crippen LogP contribution in [0.3, 0.4) is 0 Å². The lowest BCUT2D eigenvalue weighted by Crippen LogP contribution is -2.48. The maximum atomic E-state index is 5.95. The van der Waals surface area contributed by atoms with Crippen molar-refractivity contribution >= 4 is 29.9 Å². The molecule has 142 valence electrons. The van der Waals surface area contributed by atoms with Gasteiger partial charge in [0.15, 0.2) is 5.96 Å². The summed E-state index contributed by atoms with van der Waals surface area (Å²) in [6.45, 7) is 5.59. The molecule has 1 aliphatic heterocycles. The van der Waals surface area contributed by atoms with Crippen molar-refractivity contribution in [2.24, 2.45) is 4.99 Å². The lowest BCUT2D eigenvalue weighted by Gasteiger charge is -2.26. The number of fused-ring (bicyclic) bond motifs is 1. The maximum absolute atomic E-state index is 5.95. The van der Waals surface area contributed by atoms with E-state index in [1.54, 1.807) is 13.4 Å². The molecule has 1 aliphatic rings. The molecule has 3 rings (SSSR count). The summed E-state index contributed by atoms with van der Waals surface area (Å²) in [6, 6.07) is 8.39. The molecule has 0 saturated heterocycles. The molecule has 8 heteroatoms. The summed E-state index contributed by atoms with van der Waals surface area (Å²) in [5, 5.41) is 11.1. The van der Waals surface area contributed by atoms with Gasteiger partial charge in [-0.15, -0.1) is 24.0 Å². The molecular formula is C18H27IN6O. The van der Waals surface area contributed by atoms with E-state index in [1.165, 1.54) is 5.56 Å². The van der Waals surface area contributed by atoms with E-state index < -0.39 is 0 Å². The smallest absolute Gasteiger partial charge is 0.191 e. The number of benzene rings is 1. The Morgan fingerprint density at radius 2 is 2.31 bits per heavy atom. The zero-order valence-electron chi connectivity index (χ0n) is 15.5. The molecule has 26 heavy (non-hydrogen) atoms. The van der Waals surface area contributed by atoms with Gasteiger partial charge in [-0.05, 0) is 38.0 Å². The lowest BCUT2D eigenvalue weighted by molar-refractivity contribution is 0.223. The Morgan fingerprint density at radius 1 is 1.46 bits per heavy atom. The van der Waals surface area contributed by atoms with E-state index >= 15 is 0 Å². The number of hydrogen-bond acceptors (Lipinski definition) is 4. The molecule has 0 fully saturated rings. The molecular weight excluding hydrogens is 443 g/mol. The van der Waals surface area contributed by atoms with E-state index in [4.69, 9.17) is 4.74 Å². The second kappa shape index (κ2) is 9.75. The first-order valence-electron chi connectivity index (χ1n) is 8.71. The molecule has 1 aromatic carbocycles. The standard InChI is InChI=1S/C18H26N6O.HI/c1-13-5-4-6-16(9-13)25-14(2)10-20-18(19-3)23-15-7-8-17-21-12-22-24(17)11-15;/h4-6,9,12,14-15H,7-8,10-11H2,1-3H3,(H2,19,20,23);1H. The minimum atomic E-state index is 0. The minimum absolute atomic E-state index is 0. The third-order valence-corrected chi connectivity index (χ3v) is 4.25. The van der Waals surface area contributed by atoms with Crippen LogP contribution >= 0.6 is 24.0 Å². The Balaban J connectivity index is 0.00000243. The molecule has 0 amide bonds. The fourth-order valence-electron chi connectivity index (χ4n) is 2.95. The van der Waals surface area contributed by atoms with Crippen LogP contribution in [0.25, 0.3) is 0 Å². The number of aromatic nitrogens is 3. The van der Waals surface area contributed by atoms with E-state index in [-0.39, 0.29) is 30.1 Å². The van der Waals surface area contributed by atoms with Crippen molar-refractivity contribution in [2.75, 3.05) is 13.6 Å². The maximum Gasteiger partial charge on any atom is 0.191 e. The highest BCUT2D eigenvalue weighted by Gasteiger charge is 2.20. The van der Waals surface area contributed by atoms with Crippen LogP contribution < -0.4 is 15.4 Å². The van der Waals surface area contributed by atoms with E-state index in [0.29, 0.717) is 12.6 Å². The summed E-state index contributed by atoms with van der Waals surface area (Å²) in [5.41, 5.74) is 1.19. The summed E-state index contributed by atoms with van der Waals surface area (Å²) in [4.78, 5) is 8.57. The van der Waals surface area contributed by atoms with Gasteiger partial charge in [0, 0.05) is 19.5 Å². The van der Waals surface area contributed by atoms with Gasteiger partial charge in [0.2, 0.25) is 0 Å². The molecule has 0 bridgehead atoms. The van der Waals surface area contributed by atoms with Crippen LogP contribution in [0.4, 0.5) is 0 Å². The molecule has 7 nitrogen and oxygen atoms in total. The number of guanidine groups is 1. The van der Waals surface area contributed by atoms with Gasteiger partial charge in [-0.25, -0.2) is 9.67 Å². The predicted molar refractivity (Wildman–Crippen MR) is 113 cm³/mol. The van der Waals surface area contributed by atoms with Gasteiger partial charge in [-0.1, -0.05) is 12.1 Å². The summed E-state index contributed by atoms with van der Waals surface area (Å²) >= 11 is 0. The molecule has 2 aromatic rings. The first-order valence-corrected chi connectivity index (χ1v) is 8.71. The van der Waals surface area contributed by atoms with Crippen molar-refractivity contribution in [3.05, 3.63) is 42.0 Å². The summed E-state index contributed by atoms with van der Waals surface area (Å²) in [5.74, 6) is 2.73. The SMILES string of the molecule is CN=C(NCC(C)Oc1cccc(C)c1)NC1CCc2ncnn2C1.I. The quantitative estimate of drug-likeness (QED) is 0.398. The number of ether oxygens (including phenoxy) is 1. The van der Waals surface area contributed by atoms with Gasteiger partial charge in [-0.3, -0.25) is 4.99 Å². The van der Waals surface area contributed by atoms with Crippen LogP contribution in [0.2, 0.25) is 0 Å². The lowest BCUT2D eigenvalue weighted by atomic mass is 10.1. The molecule has 0 saturated carbocycles. The van der Waals surface area contributed by atoms with Crippen molar-refractivity contribution in [1.82, 2.24) is 25.4 Å². The van der Waals surface area contributed by atoms with Crippen molar-refractivity contribution in [2.45, 2.75) is 45.4 Å². The topological polar surface area (TPSA) is 76.4 Å². The third kappa shape index (κ3) is 5.58. The van der Waals surface area contributed by atoms with E-state index in [9.17, 15) is 0 Å². The monoisotopic (exact) mass is 470 g/mol. The second-order valence-corrected chi connectivity index (χ2v) is 6.44. The van der Waals surface area contributed by atoms with Crippen LogP contribution in [0, 0.1) is 6.92 Å². The third-order valence-electron chi connectivity index (χ3n) is 4.25. The van der Waals surface area contributed by atoms with Crippen LogP contribution in [-0.2, 0) is 13.0 Å². The zero-order valence-corrected chi connectivity index (χ0v) is 17.8. The number of aliphatic imine (C=N–C) groups is 1. The highest BCUT2D eigenvalue weighted by Crippen LogP contribution is 2.14. The molecule has 0 aliphatic carbocycles. The molecule has 2 atom stereocenters. The Kier molecular flexibility index (Phi) is 7.67. The number of aryl methyl sites for hydroxylation is 2. The summed E-state index contributed by atoms with van der Waals surface area (Å²) in [6.07, 6.45) is 3.61. The molecule has 2 heterocycles. The van der Waals surface area contributed by atoms with Gasteiger partial charge >= 0.3 is 0 Å². The van der Waals surface area contributed by atoms with Gasteiger partial charge in [0.1, 0.15) is 24.0 Å². The highest BCUT2D eigenvalue weighted by atomic mass is 127. The highest BCUT2D eigenvalue weighted by molar-refractivity contribution is 14.0. The number of halogens is 1. The van der Waals surface area contributed by atoms with E-state index in [2.05, 4.69) is 38.7 Å². The van der Waals surface area contributed by atoms with Crippen LogP contribution in [0.5, 0.6) is 5.75 Å². The van der Waals surface area contributed by atoms with Gasteiger partial charge in [-0.2, -0.15) is 5.10 Å². The number of nitrogens with one attached hydrogen (secondary N) is 2. The first-order chi connectivity index (χ1) is 12.1. The number of rotatable bonds is 5. The van der Waals surface area contributed by atoms with Crippen molar-refractivity contribution in [3.8, 4) is 5.75 Å². The minimum Gasteiger partial charge on any atom is -0.489 e. The average Bonchev–Trinajstić information content (AvgIpc) is 3.06. The van der Waals surface area contributed by atoms with E-state index in [1.807, 2.05) is 29.8 Å². The van der Waals surface area contributed by atoms with Gasteiger partial charge in [0.05, 0.1) is 13.1 Å². The predicted octanol–water partition coefficient (Wildman–Crippen LogP) is 2.15. The first kappa shape index (κ1) is 20.5. The average molecular weight is 470 g/mol. The summed E-state index contributed by atoms with van der Waals surface area (Å²) in [7, 11) is 1.78. The fraction of sp³-hybridized carbons (Fsp3) is 0.500. The van der Waals surface area contributed by atoms with Gasteiger partial charge in [0.25, 0.3) is 0 Å². The number of hydrogen-bond donors (Lipinski definition) is 2. The zero-order chi connectivity index (χ0) is 17.6. The van der Waals surface area contributed by atoms with Crippen molar-refractivity contribution in [3.63, 3.8) is 0 Å². The molecule has 1 aromatic heterocycles. The van der Waals surface area contributed by atoms with Crippen LogP contribution in [0.1, 0.15) is 24.7 Å². The Morgan fingerprint density at radius 3 is 3.08 bits per heavy atom. The van der Waals surface area contributed by atoms with Gasteiger partial charge < -0.3 is 15.4 Å². The number of nitrogens with zero attached hydrogens (tertiary/aromatic N) is 4. The second-order valence-electron chi connectivity index (χ2n) is 6.44. The van der Waals surface area contributed by atoms with Crippen molar-refractivity contribution in [1.29, 1.82) is 0 Å². The van der Waals surface area contributed by atoms with E-state index in [0.717, 1.165) is 36.9 Å². The fourth-order valence-corrected chi connectivity index (χ4v) is 2.95. The summed E-state index contributed by atoms with van der Waals surface area (Å²) < 4.78 is 7.90. The van der Waals surface area contributed by atoms with Crippen LogP contribution in [-0.4, -0.2) is 46.5 Å². The molecule has 0 radical (unpaired) electrons.